The highest BCUT2D eigenvalue weighted by Gasteiger charge is 2.58. The molecule has 2 rings (SSSR count). The van der Waals surface area contributed by atoms with Crippen LogP contribution in [0.3, 0.4) is 0 Å². The van der Waals surface area contributed by atoms with Crippen LogP contribution in [0.1, 0.15) is 20.8 Å². The van der Waals surface area contributed by atoms with Crippen LogP contribution in [0.5, 0.6) is 0 Å². The summed E-state index contributed by atoms with van der Waals surface area (Å²) in [5.74, 6) is -0.254. The average Bonchev–Trinajstić information content (AvgIpc) is 2.98. The molecule has 1 N–H and O–H groups in total. The molecule has 0 aromatic rings. The molecule has 2 fully saturated rings. The van der Waals surface area contributed by atoms with Gasteiger partial charge in [0, 0.05) is 0 Å². The van der Waals surface area contributed by atoms with Crippen molar-refractivity contribution in [2.75, 3.05) is 13.2 Å². The maximum absolute atomic E-state index is 11.8. The molecule has 2 heterocycles. The summed E-state index contributed by atoms with van der Waals surface area (Å²) >= 11 is 0. The Morgan fingerprint density at radius 3 is 2.75 bits per heavy atom. The number of hydrogen-bond donors (Lipinski definition) is 1. The van der Waals surface area contributed by atoms with Gasteiger partial charge in [0.1, 0.15) is 18.8 Å². The maximum atomic E-state index is 11.8. The molecule has 0 amide bonds. The van der Waals surface area contributed by atoms with Crippen molar-refractivity contribution in [2.24, 2.45) is 0 Å². The molecule has 2 aliphatic heterocycles. The first-order valence-corrected chi connectivity index (χ1v) is 7.36. The molecule has 0 aliphatic carbocycles. The number of nitrogens with zero attached hydrogens (tertiary/aromatic N) is 2. The molecule has 2 aliphatic rings. The summed E-state index contributed by atoms with van der Waals surface area (Å²) in [6.45, 7) is 4.94. The van der Waals surface area contributed by atoms with Crippen molar-refractivity contribution in [1.29, 1.82) is 5.39 Å². The lowest BCUT2D eigenvalue weighted by atomic mass is 10.1. The van der Waals surface area contributed by atoms with Gasteiger partial charge >= 0.3 is 11.7 Å². The van der Waals surface area contributed by atoms with Gasteiger partial charge in [0.15, 0.2) is 23.2 Å². The Labute approximate surface area is 139 Å². The van der Waals surface area contributed by atoms with Gasteiger partial charge in [-0.2, -0.15) is 0 Å². The lowest BCUT2D eigenvalue weighted by Gasteiger charge is -2.24. The van der Waals surface area contributed by atoms with Crippen LogP contribution in [-0.2, 0) is 28.5 Å². The Morgan fingerprint density at radius 1 is 1.46 bits per heavy atom. The smallest absolute Gasteiger partial charge is 0.503 e. The van der Waals surface area contributed by atoms with Crippen LogP contribution < -0.4 is 0 Å². The molecule has 0 aromatic heterocycles. The number of terminal acetylenes is 1. The summed E-state index contributed by atoms with van der Waals surface area (Å²) < 4.78 is 27.1. The minimum atomic E-state index is -1.17. The summed E-state index contributed by atoms with van der Waals surface area (Å²) in [6, 6.07) is 0. The van der Waals surface area contributed by atoms with Crippen molar-refractivity contribution in [1.82, 2.24) is 0 Å². The minimum Gasteiger partial charge on any atom is -0.503 e. The Kier molecular flexibility index (Phi) is 5.42. The minimum absolute atomic E-state index is 0.0410. The highest BCUT2D eigenvalue weighted by atomic mass is 16.8. The normalized spacial score (nSPS) is 31.5. The van der Waals surface area contributed by atoms with Crippen LogP contribution in [0.2, 0.25) is 0 Å². The van der Waals surface area contributed by atoms with E-state index in [9.17, 15) is 9.90 Å². The predicted octanol–water partition coefficient (Wildman–Crippen LogP) is 1.07. The summed E-state index contributed by atoms with van der Waals surface area (Å²) in [6.07, 6.45) is 1.65. The average molecular weight is 339 g/mol. The molecule has 0 spiro atoms. The van der Waals surface area contributed by atoms with E-state index in [-0.39, 0.29) is 13.2 Å². The molecule has 0 aromatic carbocycles. The Balaban J connectivity index is 2.30. The van der Waals surface area contributed by atoms with Gasteiger partial charge in [-0.25, -0.2) is 4.79 Å². The van der Waals surface area contributed by atoms with E-state index in [1.165, 1.54) is 0 Å². The molecule has 0 saturated carbocycles. The van der Waals surface area contributed by atoms with Crippen molar-refractivity contribution >= 4 is 5.97 Å². The molecule has 130 valence electrons. The number of ether oxygens (including phenoxy) is 5. The molecular formula is C15H19N2O7+. The molecule has 24 heavy (non-hydrogen) atoms. The largest absolute Gasteiger partial charge is 0.508 e. The van der Waals surface area contributed by atoms with E-state index in [0.717, 1.165) is 0 Å². The zero-order chi connectivity index (χ0) is 17.9. The topological polar surface area (TPSA) is 112 Å². The van der Waals surface area contributed by atoms with Gasteiger partial charge in [0.25, 0.3) is 0 Å². The molecule has 2 saturated heterocycles. The Hall–Kier alpha value is -2.17. The quantitative estimate of drug-likeness (QED) is 0.260. The van der Waals surface area contributed by atoms with Gasteiger partial charge in [-0.1, -0.05) is 5.92 Å². The van der Waals surface area contributed by atoms with E-state index in [1.807, 2.05) is 0 Å². The lowest BCUT2D eigenvalue weighted by molar-refractivity contribution is -0.215. The summed E-state index contributed by atoms with van der Waals surface area (Å²) in [7, 11) is 0. The monoisotopic (exact) mass is 339 g/mol. The fraction of sp³-hybridized carbons (Fsp3) is 0.667. The van der Waals surface area contributed by atoms with Gasteiger partial charge in [-0.05, 0) is 20.8 Å². The van der Waals surface area contributed by atoms with Crippen molar-refractivity contribution in [3.05, 3.63) is 16.4 Å². The molecule has 9 nitrogen and oxygen atoms in total. The number of diazo groups is 1. The number of rotatable bonds is 5. The number of hydrogen-bond acceptors (Lipinski definition) is 8. The van der Waals surface area contributed by atoms with Gasteiger partial charge in [-0.3, -0.25) is 0 Å². The Morgan fingerprint density at radius 2 is 2.17 bits per heavy atom. The summed E-state index contributed by atoms with van der Waals surface area (Å²) in [4.78, 5) is 14.5. The highest BCUT2D eigenvalue weighted by Crippen LogP contribution is 2.40. The molecule has 4 atom stereocenters. The maximum Gasteiger partial charge on any atom is 0.508 e. The first-order valence-electron chi connectivity index (χ1n) is 7.36. The van der Waals surface area contributed by atoms with Crippen LogP contribution in [0, 0.1) is 17.7 Å². The number of fused-ring (bicyclic) bond motifs is 1. The van der Waals surface area contributed by atoms with E-state index >= 15 is 0 Å². The summed E-state index contributed by atoms with van der Waals surface area (Å²) in [5.41, 5.74) is -0.685. The van der Waals surface area contributed by atoms with E-state index in [1.54, 1.807) is 20.8 Å². The third kappa shape index (κ3) is 3.50. The SMILES string of the molecule is C#CCO[C@@H]1[C@H]2OC(C)(C)O[C@H]2O[C@@H]1/C(O)=C(\[N+]#N)C(=O)OCC. The first kappa shape index (κ1) is 18.2. The summed E-state index contributed by atoms with van der Waals surface area (Å²) in [5, 5.41) is 19.3. The second kappa shape index (κ2) is 7.16. The fourth-order valence-corrected chi connectivity index (χ4v) is 2.56. The van der Waals surface area contributed by atoms with Crippen molar-refractivity contribution in [2.45, 2.75) is 51.2 Å². The van der Waals surface area contributed by atoms with Gasteiger partial charge < -0.3 is 28.8 Å². The van der Waals surface area contributed by atoms with Crippen molar-refractivity contribution < 1.29 is 33.6 Å². The van der Waals surface area contributed by atoms with Crippen LogP contribution in [0.4, 0.5) is 0 Å². The fourth-order valence-electron chi connectivity index (χ4n) is 2.56. The third-order valence-electron chi connectivity index (χ3n) is 3.43. The third-order valence-corrected chi connectivity index (χ3v) is 3.43. The highest BCUT2D eigenvalue weighted by molar-refractivity contribution is 5.90. The van der Waals surface area contributed by atoms with Gasteiger partial charge in [0.2, 0.25) is 11.2 Å². The van der Waals surface area contributed by atoms with E-state index < -0.39 is 47.8 Å². The number of esters is 1. The number of aliphatic hydroxyl groups is 1. The van der Waals surface area contributed by atoms with Crippen LogP contribution in [-0.4, -0.2) is 54.7 Å². The second-order valence-corrected chi connectivity index (χ2v) is 5.56. The lowest BCUT2D eigenvalue weighted by Crippen LogP contribution is -2.38. The predicted molar refractivity (Wildman–Crippen MR) is 78.6 cm³/mol. The van der Waals surface area contributed by atoms with E-state index in [2.05, 4.69) is 10.9 Å². The van der Waals surface area contributed by atoms with E-state index in [0.29, 0.717) is 0 Å². The van der Waals surface area contributed by atoms with Gasteiger partial charge in [0.05, 0.1) is 6.61 Å². The Bertz CT molecular complexity index is 616. The standard InChI is InChI=1S/C15H18N2O7/c1-5-7-21-11-10(9(18)8(17-16)13(19)20-6-2)22-14-12(11)23-15(3,4)24-14/h1,10-12,14H,6-7H2,2-4H3/p+1/t10-,11+,12-,14-/m1/s1. The number of carbonyl (C=O) groups is 1. The molecule has 9 heteroatoms. The molecular weight excluding hydrogens is 320 g/mol. The second-order valence-electron chi connectivity index (χ2n) is 5.56. The van der Waals surface area contributed by atoms with E-state index in [4.69, 9.17) is 35.5 Å². The molecule has 0 bridgehead atoms. The van der Waals surface area contributed by atoms with Gasteiger partial charge in [-0.15, -0.1) is 6.42 Å². The van der Waals surface area contributed by atoms with Crippen LogP contribution in [0.25, 0.3) is 4.98 Å². The van der Waals surface area contributed by atoms with Crippen molar-refractivity contribution in [3.63, 3.8) is 0 Å². The zero-order valence-electron chi connectivity index (χ0n) is 13.6. The molecule has 0 unspecified atom stereocenters. The molecule has 0 radical (unpaired) electrons. The van der Waals surface area contributed by atoms with Crippen LogP contribution in [0.15, 0.2) is 11.5 Å². The van der Waals surface area contributed by atoms with Crippen LogP contribution >= 0.6 is 0 Å². The van der Waals surface area contributed by atoms with Crippen molar-refractivity contribution in [3.8, 4) is 12.3 Å². The first-order chi connectivity index (χ1) is 11.3. The zero-order valence-corrected chi connectivity index (χ0v) is 13.6. The number of carbonyl (C=O) groups excluding carboxylic acids is 1. The number of aliphatic hydroxyl groups excluding tert-OH is 1.